The van der Waals surface area contributed by atoms with Crippen molar-refractivity contribution in [3.8, 4) is 11.4 Å². The minimum Gasteiger partial charge on any atom is -0.494 e. The number of carbonyl (C=O) groups is 1. The van der Waals surface area contributed by atoms with Gasteiger partial charge in [0.1, 0.15) is 17.9 Å². The molecule has 3 aromatic rings. The molecule has 0 saturated heterocycles. The minimum absolute atomic E-state index is 0.00581. The number of imidazole rings is 1. The predicted molar refractivity (Wildman–Crippen MR) is 90.7 cm³/mol. The summed E-state index contributed by atoms with van der Waals surface area (Å²) in [6.07, 6.45) is 1.18. The predicted octanol–water partition coefficient (Wildman–Crippen LogP) is 3.61. The molecule has 9 heteroatoms. The summed E-state index contributed by atoms with van der Waals surface area (Å²) in [5.41, 5.74) is 0.539. The first kappa shape index (κ1) is 18.3. The maximum Gasteiger partial charge on any atom is 0.356 e. The van der Waals surface area contributed by atoms with E-state index in [1.807, 2.05) is 0 Å². The van der Waals surface area contributed by atoms with Gasteiger partial charge in [0, 0.05) is 17.8 Å². The van der Waals surface area contributed by atoms with E-state index in [1.54, 1.807) is 0 Å². The van der Waals surface area contributed by atoms with Crippen LogP contribution in [0.3, 0.4) is 0 Å². The molecule has 0 saturated carbocycles. The zero-order valence-corrected chi connectivity index (χ0v) is 14.0. The van der Waals surface area contributed by atoms with Gasteiger partial charge < -0.3 is 15.2 Å². The van der Waals surface area contributed by atoms with Gasteiger partial charge in [-0.05, 0) is 24.3 Å². The second kappa shape index (κ2) is 7.40. The molecular formula is C18H14F3N3O3. The van der Waals surface area contributed by atoms with Crippen molar-refractivity contribution >= 4 is 11.7 Å². The maximum absolute atomic E-state index is 13.7. The highest BCUT2D eigenvalue weighted by atomic mass is 19.2. The quantitative estimate of drug-likeness (QED) is 0.686. The molecule has 6 nitrogen and oxygen atoms in total. The number of aromatic nitrogens is 2. The fourth-order valence-electron chi connectivity index (χ4n) is 2.55. The highest BCUT2D eigenvalue weighted by Gasteiger charge is 2.21. The molecule has 0 atom stereocenters. The fourth-order valence-corrected chi connectivity index (χ4v) is 2.55. The van der Waals surface area contributed by atoms with Crippen LogP contribution < -0.4 is 10.1 Å². The Morgan fingerprint density at radius 1 is 1.19 bits per heavy atom. The molecule has 0 aliphatic heterocycles. The van der Waals surface area contributed by atoms with Gasteiger partial charge in [0.2, 0.25) is 0 Å². The van der Waals surface area contributed by atoms with Gasteiger partial charge in [-0.1, -0.05) is 0 Å². The molecule has 0 unspecified atom stereocenters. The van der Waals surface area contributed by atoms with E-state index in [0.717, 1.165) is 12.1 Å². The van der Waals surface area contributed by atoms with Gasteiger partial charge >= 0.3 is 5.97 Å². The summed E-state index contributed by atoms with van der Waals surface area (Å²) in [7, 11) is 1.28. The summed E-state index contributed by atoms with van der Waals surface area (Å²) < 4.78 is 46.6. The van der Waals surface area contributed by atoms with Crippen LogP contribution in [0, 0.1) is 17.5 Å². The van der Waals surface area contributed by atoms with Gasteiger partial charge in [0.05, 0.1) is 25.0 Å². The van der Waals surface area contributed by atoms with Crippen LogP contribution >= 0.6 is 0 Å². The molecule has 1 heterocycles. The first-order chi connectivity index (χ1) is 12.9. The van der Waals surface area contributed by atoms with Crippen LogP contribution in [-0.4, -0.2) is 27.7 Å². The number of carboxylic acids is 1. The van der Waals surface area contributed by atoms with Crippen molar-refractivity contribution in [3.63, 3.8) is 0 Å². The molecule has 0 spiro atoms. The molecule has 0 aliphatic rings. The fraction of sp³-hybridized carbons (Fsp3) is 0.111. The first-order valence-electron chi connectivity index (χ1n) is 7.73. The molecule has 0 amide bonds. The number of hydrogen-bond acceptors (Lipinski definition) is 4. The number of rotatable bonds is 6. The van der Waals surface area contributed by atoms with Crippen molar-refractivity contribution in [1.29, 1.82) is 0 Å². The van der Waals surface area contributed by atoms with Crippen LogP contribution in [0.1, 0.15) is 16.2 Å². The van der Waals surface area contributed by atoms with Gasteiger partial charge in [-0.3, -0.25) is 4.57 Å². The van der Waals surface area contributed by atoms with E-state index < -0.39 is 23.4 Å². The Bertz CT molecular complexity index is 988. The van der Waals surface area contributed by atoms with Gasteiger partial charge in [0.25, 0.3) is 0 Å². The Morgan fingerprint density at radius 3 is 2.48 bits per heavy atom. The molecule has 0 aliphatic carbocycles. The minimum atomic E-state index is -1.29. The Kier molecular flexibility index (Phi) is 5.02. The van der Waals surface area contributed by atoms with Crippen LogP contribution in [0.15, 0.2) is 42.7 Å². The van der Waals surface area contributed by atoms with E-state index in [1.165, 1.54) is 42.3 Å². The summed E-state index contributed by atoms with van der Waals surface area (Å²) in [5.74, 6) is -3.91. The molecule has 2 N–H and O–H groups in total. The Morgan fingerprint density at radius 2 is 1.85 bits per heavy atom. The molecular weight excluding hydrogens is 363 g/mol. The topological polar surface area (TPSA) is 76.4 Å². The van der Waals surface area contributed by atoms with Crippen LogP contribution in [0.4, 0.5) is 18.9 Å². The van der Waals surface area contributed by atoms with Crippen LogP contribution in [0.25, 0.3) is 5.69 Å². The number of aromatic carboxylic acids is 1. The normalized spacial score (nSPS) is 10.7. The lowest BCUT2D eigenvalue weighted by atomic mass is 10.2. The monoisotopic (exact) mass is 377 g/mol. The number of nitrogens with zero attached hydrogens (tertiary/aromatic N) is 2. The van der Waals surface area contributed by atoms with Crippen molar-refractivity contribution in [2.75, 3.05) is 12.4 Å². The van der Waals surface area contributed by atoms with E-state index in [0.29, 0.717) is 5.69 Å². The van der Waals surface area contributed by atoms with Gasteiger partial charge in [0.15, 0.2) is 17.3 Å². The zero-order valence-electron chi connectivity index (χ0n) is 14.0. The Balaban J connectivity index is 2.03. The smallest absolute Gasteiger partial charge is 0.356 e. The number of methoxy groups -OCH3 is 1. The van der Waals surface area contributed by atoms with E-state index in [9.17, 15) is 23.1 Å². The first-order valence-corrected chi connectivity index (χ1v) is 7.73. The molecule has 0 fully saturated rings. The summed E-state index contributed by atoms with van der Waals surface area (Å²) in [5, 5.41) is 12.3. The summed E-state index contributed by atoms with van der Waals surface area (Å²) >= 11 is 0. The lowest BCUT2D eigenvalue weighted by Gasteiger charge is -2.14. The number of benzene rings is 2. The second-order valence-electron chi connectivity index (χ2n) is 5.51. The molecule has 27 heavy (non-hydrogen) atoms. The van der Waals surface area contributed by atoms with E-state index >= 15 is 0 Å². The molecule has 140 valence electrons. The van der Waals surface area contributed by atoms with E-state index in [4.69, 9.17) is 4.74 Å². The van der Waals surface area contributed by atoms with Crippen molar-refractivity contribution in [2.45, 2.75) is 6.54 Å². The molecule has 0 bridgehead atoms. The number of nitrogens with one attached hydrogen (secondary N) is 1. The number of halogens is 3. The van der Waals surface area contributed by atoms with E-state index in [-0.39, 0.29) is 29.4 Å². The third-order valence-corrected chi connectivity index (χ3v) is 3.85. The lowest BCUT2D eigenvalue weighted by Crippen LogP contribution is -2.12. The maximum atomic E-state index is 13.7. The van der Waals surface area contributed by atoms with Crippen molar-refractivity contribution in [1.82, 2.24) is 9.55 Å². The summed E-state index contributed by atoms with van der Waals surface area (Å²) in [4.78, 5) is 15.3. The molecule has 2 aromatic carbocycles. The summed E-state index contributed by atoms with van der Waals surface area (Å²) in [6.45, 7) is -0.0184. The number of anilines is 1. The summed E-state index contributed by atoms with van der Waals surface area (Å²) in [6, 6.07) is 7.21. The highest BCUT2D eigenvalue weighted by molar-refractivity contribution is 5.87. The van der Waals surface area contributed by atoms with Gasteiger partial charge in [-0.15, -0.1) is 0 Å². The molecule has 1 aromatic heterocycles. The largest absolute Gasteiger partial charge is 0.494 e. The van der Waals surface area contributed by atoms with Crippen LogP contribution in [0.5, 0.6) is 5.75 Å². The Labute approximate surface area is 151 Å². The zero-order chi connectivity index (χ0) is 19.6. The third-order valence-electron chi connectivity index (χ3n) is 3.85. The average molecular weight is 377 g/mol. The van der Waals surface area contributed by atoms with Crippen molar-refractivity contribution in [2.24, 2.45) is 0 Å². The Hall–Kier alpha value is -3.49. The third kappa shape index (κ3) is 3.71. The van der Waals surface area contributed by atoms with Crippen LogP contribution in [0.2, 0.25) is 0 Å². The van der Waals surface area contributed by atoms with Crippen LogP contribution in [-0.2, 0) is 6.54 Å². The lowest BCUT2D eigenvalue weighted by molar-refractivity contribution is 0.0690. The number of ether oxygens (including phenoxy) is 1. The number of carboxylic acid groups (broad SMARTS) is 1. The van der Waals surface area contributed by atoms with Crippen molar-refractivity contribution < 1.29 is 27.8 Å². The van der Waals surface area contributed by atoms with E-state index in [2.05, 4.69) is 10.3 Å². The SMILES string of the molecule is COc1cc(F)c(F)cc1-n1cnc(C(=O)O)c1CNc1ccc(F)cc1. The molecule has 0 radical (unpaired) electrons. The molecule has 3 rings (SSSR count). The van der Waals surface area contributed by atoms with Gasteiger partial charge in [-0.2, -0.15) is 0 Å². The standard InChI is InChI=1S/C18H14F3N3O3/c1-27-16-7-13(21)12(20)6-14(16)24-9-23-17(18(25)26)15(24)8-22-11-4-2-10(19)3-5-11/h2-7,9,22H,8H2,1H3,(H,25,26). The average Bonchev–Trinajstić information content (AvgIpc) is 3.07. The van der Waals surface area contributed by atoms with Gasteiger partial charge in [-0.25, -0.2) is 22.9 Å². The second-order valence-corrected chi connectivity index (χ2v) is 5.51. The van der Waals surface area contributed by atoms with Crippen molar-refractivity contribution in [3.05, 3.63) is 71.6 Å². The highest BCUT2D eigenvalue weighted by Crippen LogP contribution is 2.28. The number of hydrogen-bond donors (Lipinski definition) is 2.